The van der Waals surface area contributed by atoms with Gasteiger partial charge in [0.05, 0.1) is 12.4 Å². The lowest BCUT2D eigenvalue weighted by Crippen LogP contribution is -2.36. The molecule has 1 aromatic rings. The second-order valence-electron chi connectivity index (χ2n) is 4.33. The van der Waals surface area contributed by atoms with Crippen molar-refractivity contribution in [1.82, 2.24) is 15.3 Å². The Labute approximate surface area is 115 Å². The van der Waals surface area contributed by atoms with E-state index < -0.39 is 10.8 Å². The van der Waals surface area contributed by atoms with Crippen LogP contribution in [0.3, 0.4) is 0 Å². The number of rotatable bonds is 7. The van der Waals surface area contributed by atoms with E-state index in [1.54, 1.807) is 12.5 Å². The number of aromatic nitrogens is 2. The summed E-state index contributed by atoms with van der Waals surface area (Å²) in [6, 6.07) is -0.160. The Balaban J connectivity index is 2.63. The van der Waals surface area contributed by atoms with Crippen molar-refractivity contribution in [2.24, 2.45) is 0 Å². The van der Waals surface area contributed by atoms with Gasteiger partial charge in [-0.25, -0.2) is 4.98 Å². The standard InChI is InChI=1S/C12H20N4O2S/c1-4-5-14-11-7-13-6-10(16-11)12(17)15-9(2)8-19(3)18/h6-7,9H,4-5,8H2,1-3H3,(H,14,16)(H,15,17). The topological polar surface area (TPSA) is 84.0 Å². The summed E-state index contributed by atoms with van der Waals surface area (Å²) < 4.78 is 11.1. The van der Waals surface area contributed by atoms with Crippen LogP contribution >= 0.6 is 0 Å². The van der Waals surface area contributed by atoms with Crippen LogP contribution in [-0.2, 0) is 10.8 Å². The third-order valence-electron chi connectivity index (χ3n) is 2.29. The van der Waals surface area contributed by atoms with Crippen molar-refractivity contribution in [3.05, 3.63) is 18.1 Å². The first-order valence-electron chi connectivity index (χ1n) is 6.19. The molecule has 0 aliphatic heterocycles. The maximum absolute atomic E-state index is 11.9. The minimum atomic E-state index is -0.940. The molecule has 6 nitrogen and oxygen atoms in total. The van der Waals surface area contributed by atoms with Crippen molar-refractivity contribution < 1.29 is 9.00 Å². The molecular formula is C12H20N4O2S. The minimum absolute atomic E-state index is 0.160. The predicted molar refractivity (Wildman–Crippen MR) is 76.7 cm³/mol. The van der Waals surface area contributed by atoms with E-state index in [0.29, 0.717) is 11.6 Å². The maximum Gasteiger partial charge on any atom is 0.271 e. The molecule has 2 N–H and O–H groups in total. The lowest BCUT2D eigenvalue weighted by Gasteiger charge is -2.12. The highest BCUT2D eigenvalue weighted by molar-refractivity contribution is 7.84. The number of nitrogens with zero attached hydrogens (tertiary/aromatic N) is 2. The van der Waals surface area contributed by atoms with Crippen molar-refractivity contribution in [1.29, 1.82) is 0 Å². The molecule has 0 radical (unpaired) electrons. The van der Waals surface area contributed by atoms with Crippen molar-refractivity contribution in [2.45, 2.75) is 26.3 Å². The van der Waals surface area contributed by atoms with Crippen molar-refractivity contribution in [3.63, 3.8) is 0 Å². The van der Waals surface area contributed by atoms with Gasteiger partial charge in [0.25, 0.3) is 5.91 Å². The van der Waals surface area contributed by atoms with Gasteiger partial charge in [0.1, 0.15) is 11.5 Å². The average Bonchev–Trinajstić information content (AvgIpc) is 2.35. The molecule has 1 amide bonds. The summed E-state index contributed by atoms with van der Waals surface area (Å²) in [5, 5.41) is 5.82. The first-order valence-corrected chi connectivity index (χ1v) is 7.92. The van der Waals surface area contributed by atoms with E-state index in [4.69, 9.17) is 0 Å². The number of anilines is 1. The number of nitrogens with one attached hydrogen (secondary N) is 2. The third kappa shape index (κ3) is 5.78. The molecule has 0 aromatic carbocycles. The summed E-state index contributed by atoms with van der Waals surface area (Å²) >= 11 is 0. The van der Waals surface area contributed by atoms with Crippen LogP contribution in [0.15, 0.2) is 12.4 Å². The van der Waals surface area contributed by atoms with E-state index in [1.165, 1.54) is 6.20 Å². The quantitative estimate of drug-likeness (QED) is 0.773. The van der Waals surface area contributed by atoms with Crippen LogP contribution in [0.1, 0.15) is 30.8 Å². The highest BCUT2D eigenvalue weighted by atomic mass is 32.2. The Bertz CT molecular complexity index is 453. The van der Waals surface area contributed by atoms with Crippen LogP contribution in [0.2, 0.25) is 0 Å². The van der Waals surface area contributed by atoms with Crippen molar-refractivity contribution in [3.8, 4) is 0 Å². The summed E-state index contributed by atoms with van der Waals surface area (Å²) in [4.78, 5) is 20.1. The summed E-state index contributed by atoms with van der Waals surface area (Å²) in [7, 11) is -0.940. The first-order chi connectivity index (χ1) is 9.02. The van der Waals surface area contributed by atoms with E-state index in [1.807, 2.05) is 13.8 Å². The van der Waals surface area contributed by atoms with Crippen LogP contribution in [0.25, 0.3) is 0 Å². The molecular weight excluding hydrogens is 264 g/mol. The molecule has 2 atom stereocenters. The van der Waals surface area contributed by atoms with Gasteiger partial charge in [-0.15, -0.1) is 0 Å². The maximum atomic E-state index is 11.9. The fourth-order valence-corrected chi connectivity index (χ4v) is 2.29. The molecule has 0 saturated carbocycles. The van der Waals surface area contributed by atoms with Gasteiger partial charge in [-0.05, 0) is 13.3 Å². The molecule has 0 fully saturated rings. The van der Waals surface area contributed by atoms with Gasteiger partial charge in [0.2, 0.25) is 0 Å². The van der Waals surface area contributed by atoms with Crippen LogP contribution < -0.4 is 10.6 Å². The summed E-state index contributed by atoms with van der Waals surface area (Å²) in [6.07, 6.45) is 5.58. The lowest BCUT2D eigenvalue weighted by molar-refractivity contribution is 0.0938. The number of hydrogen-bond acceptors (Lipinski definition) is 5. The summed E-state index contributed by atoms with van der Waals surface area (Å²) in [6.45, 7) is 4.64. The molecule has 0 aliphatic rings. The van der Waals surface area contributed by atoms with E-state index in [-0.39, 0.29) is 17.6 Å². The Morgan fingerprint density at radius 2 is 2.21 bits per heavy atom. The first kappa shape index (κ1) is 15.6. The largest absolute Gasteiger partial charge is 0.369 e. The molecule has 1 rings (SSSR count). The Morgan fingerprint density at radius 3 is 2.84 bits per heavy atom. The Hall–Kier alpha value is -1.50. The monoisotopic (exact) mass is 284 g/mol. The zero-order chi connectivity index (χ0) is 14.3. The van der Waals surface area contributed by atoms with Gasteiger partial charge in [0, 0.05) is 35.4 Å². The van der Waals surface area contributed by atoms with Gasteiger partial charge >= 0.3 is 0 Å². The Morgan fingerprint density at radius 1 is 1.47 bits per heavy atom. The van der Waals surface area contributed by atoms with Crippen molar-refractivity contribution >= 4 is 22.5 Å². The molecule has 106 valence electrons. The van der Waals surface area contributed by atoms with Gasteiger partial charge in [-0.2, -0.15) is 0 Å². The van der Waals surface area contributed by atoms with Crippen LogP contribution in [0.5, 0.6) is 0 Å². The predicted octanol–water partition coefficient (Wildman–Crippen LogP) is 0.795. The number of carbonyl (C=O) groups is 1. The van der Waals surface area contributed by atoms with E-state index >= 15 is 0 Å². The van der Waals surface area contributed by atoms with Crippen LogP contribution in [0, 0.1) is 0 Å². The summed E-state index contributed by atoms with van der Waals surface area (Å²) in [5.41, 5.74) is 0.259. The number of carbonyl (C=O) groups excluding carboxylic acids is 1. The normalized spacial score (nSPS) is 13.6. The van der Waals surface area contributed by atoms with E-state index in [2.05, 4.69) is 20.6 Å². The average molecular weight is 284 g/mol. The molecule has 2 unspecified atom stereocenters. The van der Waals surface area contributed by atoms with Crippen molar-refractivity contribution in [2.75, 3.05) is 23.9 Å². The second kappa shape index (κ2) is 7.83. The minimum Gasteiger partial charge on any atom is -0.369 e. The fourth-order valence-electron chi connectivity index (χ4n) is 1.51. The van der Waals surface area contributed by atoms with E-state index in [0.717, 1.165) is 13.0 Å². The number of hydrogen-bond donors (Lipinski definition) is 2. The van der Waals surface area contributed by atoms with Gasteiger partial charge in [0.15, 0.2) is 0 Å². The van der Waals surface area contributed by atoms with Crippen LogP contribution in [0.4, 0.5) is 5.82 Å². The van der Waals surface area contributed by atoms with Gasteiger partial charge in [-0.3, -0.25) is 14.0 Å². The van der Waals surface area contributed by atoms with Gasteiger partial charge < -0.3 is 10.6 Å². The molecule has 1 aromatic heterocycles. The van der Waals surface area contributed by atoms with E-state index in [9.17, 15) is 9.00 Å². The zero-order valence-electron chi connectivity index (χ0n) is 11.5. The highest BCUT2D eigenvalue weighted by Gasteiger charge is 2.13. The zero-order valence-corrected chi connectivity index (χ0v) is 12.3. The number of amides is 1. The van der Waals surface area contributed by atoms with Gasteiger partial charge in [-0.1, -0.05) is 6.92 Å². The Kier molecular flexibility index (Phi) is 6.41. The molecule has 1 heterocycles. The molecule has 0 bridgehead atoms. The molecule has 0 spiro atoms. The molecule has 19 heavy (non-hydrogen) atoms. The summed E-state index contributed by atoms with van der Waals surface area (Å²) in [5.74, 6) is 0.708. The fraction of sp³-hybridized carbons (Fsp3) is 0.583. The second-order valence-corrected chi connectivity index (χ2v) is 5.81. The van der Waals surface area contributed by atoms with Crippen LogP contribution in [-0.4, -0.2) is 44.7 Å². The molecule has 0 saturated heterocycles. The third-order valence-corrected chi connectivity index (χ3v) is 3.25. The highest BCUT2D eigenvalue weighted by Crippen LogP contribution is 2.02. The smallest absolute Gasteiger partial charge is 0.271 e. The molecule has 7 heteroatoms. The SMILES string of the molecule is CCCNc1cncc(C(=O)NC(C)CS(C)=O)n1. The molecule has 0 aliphatic carbocycles. The lowest BCUT2D eigenvalue weighted by atomic mass is 10.3.